The first-order chi connectivity index (χ1) is 11.7. The van der Waals surface area contributed by atoms with E-state index < -0.39 is 0 Å². The van der Waals surface area contributed by atoms with Gasteiger partial charge in [0, 0.05) is 0 Å². The summed E-state index contributed by atoms with van der Waals surface area (Å²) in [6.07, 6.45) is 3.31. The van der Waals surface area contributed by atoms with Crippen LogP contribution in [-0.4, -0.2) is 31.8 Å². The smallest absolute Gasteiger partial charge is 0.207 e. The highest BCUT2D eigenvalue weighted by Gasteiger charge is 1.93. The topological polar surface area (TPSA) is 67.2 Å². The number of rotatable bonds is 6. The minimum atomic E-state index is 0.296. The van der Waals surface area contributed by atoms with E-state index in [2.05, 4.69) is 21.1 Å². The number of benzene rings is 2. The van der Waals surface area contributed by atoms with E-state index in [-0.39, 0.29) is 0 Å². The highest BCUT2D eigenvalue weighted by Crippen LogP contribution is 2.10. The number of hydrogen-bond acceptors (Lipinski definition) is 5. The summed E-state index contributed by atoms with van der Waals surface area (Å²) in [6.45, 7) is 0. The van der Waals surface area contributed by atoms with Gasteiger partial charge in [-0.05, 0) is 71.9 Å². The summed E-state index contributed by atoms with van der Waals surface area (Å²) in [5.74, 6) is 1.59. The number of nitrogens with zero attached hydrogens (tertiary/aromatic N) is 2. The summed E-state index contributed by atoms with van der Waals surface area (Å²) in [5, 5.41) is 8.37. The van der Waals surface area contributed by atoms with E-state index in [1.165, 1.54) is 0 Å². The third-order valence-electron chi connectivity index (χ3n) is 2.99. The highest BCUT2D eigenvalue weighted by molar-refractivity contribution is 7.80. The summed E-state index contributed by atoms with van der Waals surface area (Å²) in [6, 6.07) is 15.0. The molecule has 0 unspecified atom stereocenters. The predicted octanol–water partition coefficient (Wildman–Crippen LogP) is 2.54. The third-order valence-corrected chi connectivity index (χ3v) is 3.17. The van der Waals surface area contributed by atoms with E-state index >= 15 is 0 Å². The van der Waals surface area contributed by atoms with Crippen LogP contribution in [0.1, 0.15) is 11.1 Å². The zero-order valence-corrected chi connectivity index (χ0v) is 14.2. The van der Waals surface area contributed by atoms with Gasteiger partial charge in [-0.25, -0.2) is 0 Å². The normalized spacial score (nSPS) is 10.8. The largest absolute Gasteiger partial charge is 0.497 e. The molecule has 24 heavy (non-hydrogen) atoms. The van der Waals surface area contributed by atoms with Crippen LogP contribution in [0.4, 0.5) is 0 Å². The van der Waals surface area contributed by atoms with Crippen LogP contribution < -0.4 is 20.3 Å². The Balaban J connectivity index is 1.77. The molecular formula is C17H18N4O2S. The molecule has 0 atom stereocenters. The number of methoxy groups -OCH3 is 2. The van der Waals surface area contributed by atoms with Crippen molar-refractivity contribution in [1.82, 2.24) is 10.9 Å². The monoisotopic (exact) mass is 342 g/mol. The maximum atomic E-state index is 5.09. The second kappa shape index (κ2) is 9.26. The van der Waals surface area contributed by atoms with Gasteiger partial charge in [-0.1, -0.05) is 0 Å². The van der Waals surface area contributed by atoms with Gasteiger partial charge in [0.05, 0.1) is 26.6 Å². The molecule has 0 aliphatic heterocycles. The fourth-order valence-electron chi connectivity index (χ4n) is 1.74. The van der Waals surface area contributed by atoms with Crippen molar-refractivity contribution in [3.05, 3.63) is 59.7 Å². The average molecular weight is 342 g/mol. The maximum absolute atomic E-state index is 5.09. The molecule has 6 nitrogen and oxygen atoms in total. The summed E-state index contributed by atoms with van der Waals surface area (Å²) in [4.78, 5) is 0. The Morgan fingerprint density at radius 3 is 1.50 bits per heavy atom. The number of ether oxygens (including phenoxy) is 2. The van der Waals surface area contributed by atoms with E-state index in [1.54, 1.807) is 26.6 Å². The van der Waals surface area contributed by atoms with Gasteiger partial charge < -0.3 is 9.47 Å². The van der Waals surface area contributed by atoms with Gasteiger partial charge >= 0.3 is 0 Å². The van der Waals surface area contributed by atoms with Crippen molar-refractivity contribution < 1.29 is 9.47 Å². The first-order valence-corrected chi connectivity index (χ1v) is 7.52. The molecule has 2 aromatic carbocycles. The molecule has 0 saturated carbocycles. The third kappa shape index (κ3) is 5.69. The van der Waals surface area contributed by atoms with Gasteiger partial charge in [0.25, 0.3) is 0 Å². The van der Waals surface area contributed by atoms with Crippen molar-refractivity contribution in [3.63, 3.8) is 0 Å². The molecule has 7 heteroatoms. The lowest BCUT2D eigenvalue weighted by Crippen LogP contribution is -2.28. The van der Waals surface area contributed by atoms with Crippen LogP contribution >= 0.6 is 12.2 Å². The minimum absolute atomic E-state index is 0.296. The predicted molar refractivity (Wildman–Crippen MR) is 100 cm³/mol. The Morgan fingerprint density at radius 1 is 0.792 bits per heavy atom. The van der Waals surface area contributed by atoms with E-state index in [0.29, 0.717) is 5.11 Å². The van der Waals surface area contributed by atoms with Crippen molar-refractivity contribution in [2.75, 3.05) is 14.2 Å². The van der Waals surface area contributed by atoms with Crippen LogP contribution in [0.3, 0.4) is 0 Å². The molecule has 0 radical (unpaired) electrons. The molecule has 2 rings (SSSR count). The molecule has 0 aromatic heterocycles. The van der Waals surface area contributed by atoms with Gasteiger partial charge in [0.15, 0.2) is 0 Å². The number of nitrogens with one attached hydrogen (secondary N) is 2. The Bertz CT molecular complexity index is 651. The van der Waals surface area contributed by atoms with E-state index in [9.17, 15) is 0 Å². The van der Waals surface area contributed by atoms with Gasteiger partial charge in [0.1, 0.15) is 11.5 Å². The van der Waals surface area contributed by atoms with Crippen molar-refractivity contribution >= 4 is 29.8 Å². The Morgan fingerprint density at radius 2 is 1.17 bits per heavy atom. The van der Waals surface area contributed by atoms with Gasteiger partial charge in [0.2, 0.25) is 5.11 Å². The van der Waals surface area contributed by atoms with Crippen molar-refractivity contribution in [2.45, 2.75) is 0 Å². The molecule has 2 N–H and O–H groups in total. The molecule has 2 aromatic rings. The molecular weight excluding hydrogens is 324 g/mol. The molecule has 0 fully saturated rings. The molecule has 0 spiro atoms. The maximum Gasteiger partial charge on any atom is 0.207 e. The Labute approximate surface area is 146 Å². The zero-order chi connectivity index (χ0) is 17.2. The lowest BCUT2D eigenvalue weighted by Gasteiger charge is -2.02. The van der Waals surface area contributed by atoms with Crippen LogP contribution in [0.15, 0.2) is 58.7 Å². The van der Waals surface area contributed by atoms with Crippen molar-refractivity contribution in [3.8, 4) is 11.5 Å². The number of hydrazone groups is 2. The van der Waals surface area contributed by atoms with Crippen molar-refractivity contribution in [2.24, 2.45) is 10.2 Å². The lowest BCUT2D eigenvalue weighted by molar-refractivity contribution is 0.414. The lowest BCUT2D eigenvalue weighted by atomic mass is 10.2. The summed E-state index contributed by atoms with van der Waals surface area (Å²) in [5.41, 5.74) is 7.23. The molecule has 124 valence electrons. The van der Waals surface area contributed by atoms with Gasteiger partial charge in [-0.15, -0.1) is 0 Å². The standard InChI is InChI=1S/C17H18N4O2S/c1-22-15-7-3-13(4-8-15)11-18-20-17(24)21-19-12-14-5-9-16(23-2)10-6-14/h3-12H,1-2H3,(H2,20,21,24)/b18-11-,19-12?. The second-order valence-electron chi connectivity index (χ2n) is 4.62. The van der Waals surface area contributed by atoms with Crippen LogP contribution in [0.25, 0.3) is 0 Å². The quantitative estimate of drug-likeness (QED) is 0.480. The SMILES string of the molecule is COc1ccc(C=NNC(=S)N/N=C\c2ccc(OC)cc2)cc1. The van der Waals surface area contributed by atoms with Crippen LogP contribution in [0.2, 0.25) is 0 Å². The van der Waals surface area contributed by atoms with E-state index in [0.717, 1.165) is 22.6 Å². The first-order valence-electron chi connectivity index (χ1n) is 7.11. The fourth-order valence-corrected chi connectivity index (χ4v) is 1.84. The summed E-state index contributed by atoms with van der Waals surface area (Å²) < 4.78 is 10.2. The van der Waals surface area contributed by atoms with Crippen LogP contribution in [-0.2, 0) is 0 Å². The van der Waals surface area contributed by atoms with Crippen molar-refractivity contribution in [1.29, 1.82) is 0 Å². The molecule has 0 amide bonds. The molecule has 0 bridgehead atoms. The minimum Gasteiger partial charge on any atom is -0.497 e. The zero-order valence-electron chi connectivity index (χ0n) is 13.4. The van der Waals surface area contributed by atoms with E-state index in [4.69, 9.17) is 21.7 Å². The van der Waals surface area contributed by atoms with Gasteiger partial charge in [-0.2, -0.15) is 10.2 Å². The van der Waals surface area contributed by atoms with Crippen LogP contribution in [0.5, 0.6) is 11.5 Å². The fraction of sp³-hybridized carbons (Fsp3) is 0.118. The molecule has 0 aliphatic rings. The first kappa shape index (κ1) is 17.4. The summed E-state index contributed by atoms with van der Waals surface area (Å²) in [7, 11) is 3.25. The Kier molecular flexibility index (Phi) is 6.73. The van der Waals surface area contributed by atoms with Gasteiger partial charge in [-0.3, -0.25) is 10.9 Å². The average Bonchev–Trinajstić information content (AvgIpc) is 2.63. The summed E-state index contributed by atoms with van der Waals surface area (Å²) >= 11 is 5.07. The highest BCUT2D eigenvalue weighted by atomic mass is 32.1. The molecule has 0 aliphatic carbocycles. The molecule has 0 heterocycles. The second-order valence-corrected chi connectivity index (χ2v) is 5.02. The number of hydrogen-bond donors (Lipinski definition) is 2. The number of thiocarbonyl (C=S) groups is 1. The Hall–Kier alpha value is -2.93. The van der Waals surface area contributed by atoms with Crippen LogP contribution in [0, 0.1) is 0 Å². The van der Waals surface area contributed by atoms with E-state index in [1.807, 2.05) is 48.5 Å². The molecule has 0 saturated heterocycles.